The first-order valence-electron chi connectivity index (χ1n) is 6.18. The Hall–Kier alpha value is -2.14. The summed E-state index contributed by atoms with van der Waals surface area (Å²) in [6, 6.07) is 10.1. The molecule has 0 bridgehead atoms. The normalized spacial score (nSPS) is 10.3. The molecule has 1 heterocycles. The van der Waals surface area contributed by atoms with E-state index >= 15 is 0 Å². The molecule has 2 aromatic rings. The van der Waals surface area contributed by atoms with E-state index in [1.54, 1.807) is 0 Å². The smallest absolute Gasteiger partial charge is 0.138 e. The van der Waals surface area contributed by atoms with Crippen LogP contribution in [-0.2, 0) is 0 Å². The van der Waals surface area contributed by atoms with E-state index in [1.807, 2.05) is 18.0 Å². The summed E-state index contributed by atoms with van der Waals surface area (Å²) in [5.74, 6) is 1.51. The number of hydrogen-bond acceptors (Lipinski definition) is 5. The van der Waals surface area contributed by atoms with Gasteiger partial charge in [0.05, 0.1) is 6.61 Å². The minimum absolute atomic E-state index is 0.0765. The summed E-state index contributed by atoms with van der Waals surface area (Å²) in [4.78, 5) is 10.4. The zero-order chi connectivity index (χ0) is 13.7. The molecule has 0 radical (unpaired) electrons. The van der Waals surface area contributed by atoms with Gasteiger partial charge < -0.3 is 15.3 Å². The second-order valence-corrected chi connectivity index (χ2v) is 4.31. The highest BCUT2D eigenvalue weighted by Crippen LogP contribution is 2.22. The van der Waals surface area contributed by atoms with Crippen molar-refractivity contribution in [3.05, 3.63) is 42.2 Å². The molecule has 0 aliphatic rings. The Morgan fingerprint density at radius 3 is 2.63 bits per heavy atom. The first-order valence-corrected chi connectivity index (χ1v) is 6.18. The summed E-state index contributed by atoms with van der Waals surface area (Å²) in [5, 5.41) is 11.8. The molecule has 5 nitrogen and oxygen atoms in total. The van der Waals surface area contributed by atoms with Crippen LogP contribution in [0.5, 0.6) is 0 Å². The standard InChI is InChI=1S/C14H18N4O/c1-11-3-5-12(6-4-11)18(2)14-9-13(15-7-8-19)16-10-17-14/h3-6,9-10,19H,7-8H2,1-2H3,(H,15,16,17). The Morgan fingerprint density at radius 1 is 1.21 bits per heavy atom. The van der Waals surface area contributed by atoms with Gasteiger partial charge in [0.15, 0.2) is 0 Å². The number of hydrogen-bond donors (Lipinski definition) is 2. The lowest BCUT2D eigenvalue weighted by Gasteiger charge is -2.18. The minimum Gasteiger partial charge on any atom is -0.395 e. The number of anilines is 3. The third-order valence-electron chi connectivity index (χ3n) is 2.84. The number of rotatable bonds is 5. The average molecular weight is 258 g/mol. The molecule has 0 atom stereocenters. The Labute approximate surface area is 112 Å². The Kier molecular flexibility index (Phi) is 4.30. The van der Waals surface area contributed by atoms with Crippen LogP contribution in [0.1, 0.15) is 5.56 Å². The Morgan fingerprint density at radius 2 is 1.95 bits per heavy atom. The highest BCUT2D eigenvalue weighted by molar-refractivity contribution is 5.61. The van der Waals surface area contributed by atoms with E-state index in [-0.39, 0.29) is 6.61 Å². The van der Waals surface area contributed by atoms with Crippen LogP contribution in [0.3, 0.4) is 0 Å². The maximum atomic E-state index is 8.79. The van der Waals surface area contributed by atoms with Crippen LogP contribution < -0.4 is 10.2 Å². The number of benzene rings is 1. The predicted octanol–water partition coefficient (Wildman–Crippen LogP) is 1.96. The molecular weight excluding hydrogens is 240 g/mol. The first-order chi connectivity index (χ1) is 9.20. The quantitative estimate of drug-likeness (QED) is 0.858. The molecule has 0 saturated carbocycles. The van der Waals surface area contributed by atoms with Crippen LogP contribution in [-0.4, -0.2) is 35.3 Å². The lowest BCUT2D eigenvalue weighted by Crippen LogP contribution is -2.13. The molecule has 100 valence electrons. The fourth-order valence-electron chi connectivity index (χ4n) is 1.71. The van der Waals surface area contributed by atoms with E-state index < -0.39 is 0 Å². The fraction of sp³-hybridized carbons (Fsp3) is 0.286. The molecule has 0 aliphatic heterocycles. The molecule has 0 fully saturated rings. The third kappa shape index (κ3) is 3.42. The number of aryl methyl sites for hydroxylation is 1. The summed E-state index contributed by atoms with van der Waals surface area (Å²) in [6.07, 6.45) is 1.51. The van der Waals surface area contributed by atoms with E-state index in [0.29, 0.717) is 12.4 Å². The molecule has 2 rings (SSSR count). The van der Waals surface area contributed by atoms with Gasteiger partial charge in [-0.2, -0.15) is 0 Å². The van der Waals surface area contributed by atoms with Gasteiger partial charge in [-0.25, -0.2) is 9.97 Å². The van der Waals surface area contributed by atoms with Gasteiger partial charge in [-0.3, -0.25) is 0 Å². The average Bonchev–Trinajstić information content (AvgIpc) is 2.45. The van der Waals surface area contributed by atoms with Crippen LogP contribution in [0.2, 0.25) is 0 Å². The van der Waals surface area contributed by atoms with Gasteiger partial charge in [0.1, 0.15) is 18.0 Å². The summed E-state index contributed by atoms with van der Waals surface area (Å²) in [7, 11) is 1.96. The van der Waals surface area contributed by atoms with Crippen molar-refractivity contribution in [1.82, 2.24) is 9.97 Å². The lowest BCUT2D eigenvalue weighted by atomic mass is 10.2. The molecule has 0 unspecified atom stereocenters. The molecule has 5 heteroatoms. The maximum Gasteiger partial charge on any atom is 0.138 e. The molecule has 0 amide bonds. The summed E-state index contributed by atoms with van der Waals surface area (Å²) in [6.45, 7) is 2.61. The van der Waals surface area contributed by atoms with Crippen molar-refractivity contribution >= 4 is 17.3 Å². The zero-order valence-corrected chi connectivity index (χ0v) is 11.2. The van der Waals surface area contributed by atoms with Crippen LogP contribution in [0.25, 0.3) is 0 Å². The summed E-state index contributed by atoms with van der Waals surface area (Å²) in [5.41, 5.74) is 2.29. The topological polar surface area (TPSA) is 61.3 Å². The molecule has 19 heavy (non-hydrogen) atoms. The number of aliphatic hydroxyl groups is 1. The Balaban J connectivity index is 2.18. The van der Waals surface area contributed by atoms with Crippen LogP contribution in [0.15, 0.2) is 36.7 Å². The van der Waals surface area contributed by atoms with E-state index in [9.17, 15) is 0 Å². The summed E-state index contributed by atoms with van der Waals surface area (Å²) < 4.78 is 0. The highest BCUT2D eigenvalue weighted by atomic mass is 16.3. The minimum atomic E-state index is 0.0765. The number of nitrogens with zero attached hydrogens (tertiary/aromatic N) is 3. The lowest BCUT2D eigenvalue weighted by molar-refractivity contribution is 0.311. The van der Waals surface area contributed by atoms with Crippen LogP contribution >= 0.6 is 0 Å². The highest BCUT2D eigenvalue weighted by Gasteiger charge is 2.06. The van der Waals surface area contributed by atoms with E-state index in [2.05, 4.69) is 46.5 Å². The zero-order valence-electron chi connectivity index (χ0n) is 11.2. The molecule has 1 aromatic heterocycles. The van der Waals surface area contributed by atoms with Crippen molar-refractivity contribution in [2.24, 2.45) is 0 Å². The van der Waals surface area contributed by atoms with Gasteiger partial charge in [0, 0.05) is 25.3 Å². The number of nitrogens with one attached hydrogen (secondary N) is 1. The largest absolute Gasteiger partial charge is 0.395 e. The van der Waals surface area contributed by atoms with Crippen molar-refractivity contribution in [2.45, 2.75) is 6.92 Å². The fourth-order valence-corrected chi connectivity index (χ4v) is 1.71. The second-order valence-electron chi connectivity index (χ2n) is 4.31. The molecule has 0 spiro atoms. The van der Waals surface area contributed by atoms with Crippen LogP contribution in [0.4, 0.5) is 17.3 Å². The van der Waals surface area contributed by atoms with Gasteiger partial charge >= 0.3 is 0 Å². The molecule has 1 aromatic carbocycles. The van der Waals surface area contributed by atoms with Gasteiger partial charge in [0.2, 0.25) is 0 Å². The third-order valence-corrected chi connectivity index (χ3v) is 2.84. The predicted molar refractivity (Wildman–Crippen MR) is 76.8 cm³/mol. The van der Waals surface area contributed by atoms with Crippen molar-refractivity contribution in [3.8, 4) is 0 Å². The maximum absolute atomic E-state index is 8.79. The number of aliphatic hydroxyl groups excluding tert-OH is 1. The van der Waals surface area contributed by atoms with E-state index in [4.69, 9.17) is 5.11 Å². The van der Waals surface area contributed by atoms with Crippen molar-refractivity contribution < 1.29 is 5.11 Å². The second kappa shape index (κ2) is 6.15. The molecule has 0 saturated heterocycles. The number of aromatic nitrogens is 2. The van der Waals surface area contributed by atoms with Crippen molar-refractivity contribution in [2.75, 3.05) is 30.4 Å². The van der Waals surface area contributed by atoms with E-state index in [1.165, 1.54) is 11.9 Å². The van der Waals surface area contributed by atoms with Gasteiger partial charge in [-0.05, 0) is 19.1 Å². The van der Waals surface area contributed by atoms with Crippen LogP contribution in [0, 0.1) is 6.92 Å². The molecular formula is C14H18N4O. The molecule has 2 N–H and O–H groups in total. The van der Waals surface area contributed by atoms with Crippen molar-refractivity contribution in [1.29, 1.82) is 0 Å². The summed E-state index contributed by atoms with van der Waals surface area (Å²) >= 11 is 0. The molecule has 0 aliphatic carbocycles. The van der Waals surface area contributed by atoms with Crippen molar-refractivity contribution in [3.63, 3.8) is 0 Å². The van der Waals surface area contributed by atoms with Gasteiger partial charge in [-0.15, -0.1) is 0 Å². The SMILES string of the molecule is Cc1ccc(N(C)c2cc(NCCO)ncn2)cc1. The Bertz CT molecular complexity index is 527. The van der Waals surface area contributed by atoms with E-state index in [0.717, 1.165) is 11.5 Å². The van der Waals surface area contributed by atoms with Gasteiger partial charge in [0.25, 0.3) is 0 Å². The monoisotopic (exact) mass is 258 g/mol. The van der Waals surface area contributed by atoms with Gasteiger partial charge in [-0.1, -0.05) is 17.7 Å². The first kappa shape index (κ1) is 13.3.